The third-order valence-corrected chi connectivity index (χ3v) is 0. The van der Waals surface area contributed by atoms with Crippen LogP contribution in [0.25, 0.3) is 0 Å². The highest BCUT2D eigenvalue weighted by Gasteiger charge is 1.86. The van der Waals surface area contributed by atoms with E-state index in [1.807, 2.05) is 0 Å². The minimum Gasteiger partial charge on any atom is -0.321 e. The summed E-state index contributed by atoms with van der Waals surface area (Å²) in [4.78, 5) is 6.79. The molecule has 0 aliphatic carbocycles. The SMILES string of the molecule is OP(F)F. The first-order valence-corrected chi connectivity index (χ1v) is 1.61. The van der Waals surface area contributed by atoms with Crippen molar-refractivity contribution in [3.8, 4) is 0 Å². The summed E-state index contributed by atoms with van der Waals surface area (Å²) in [6.45, 7) is 0. The number of hydrogen-bond acceptors (Lipinski definition) is 1. The third kappa shape index (κ3) is 56.2. The molecule has 0 rings (SSSR count). The van der Waals surface area contributed by atoms with Crippen LogP contribution in [-0.4, -0.2) is 4.89 Å². The van der Waals surface area contributed by atoms with E-state index in [4.69, 9.17) is 4.89 Å². The van der Waals surface area contributed by atoms with E-state index in [2.05, 4.69) is 0 Å². The minimum absolute atomic E-state index is 3.62. The largest absolute Gasteiger partial charge is 0.412 e. The molecule has 0 aromatic heterocycles. The second kappa shape index (κ2) is 1.56. The summed E-state index contributed by atoms with van der Waals surface area (Å²) in [5.41, 5.74) is 0. The van der Waals surface area contributed by atoms with Gasteiger partial charge >= 0.3 is 8.77 Å². The van der Waals surface area contributed by atoms with Gasteiger partial charge in [-0.25, -0.2) is 0 Å². The first kappa shape index (κ1) is 4.25. The zero-order valence-corrected chi connectivity index (χ0v) is 2.54. The molecule has 0 bridgehead atoms. The second-order valence-corrected chi connectivity index (χ2v) is 0.645. The quantitative estimate of drug-likeness (QED) is 0.438. The summed E-state index contributed by atoms with van der Waals surface area (Å²) in [6.07, 6.45) is 0. The van der Waals surface area contributed by atoms with E-state index in [1.54, 1.807) is 0 Å². The third-order valence-electron chi connectivity index (χ3n) is 0. The van der Waals surface area contributed by atoms with Crippen LogP contribution in [0.5, 0.6) is 0 Å². The lowest BCUT2D eigenvalue weighted by Crippen LogP contribution is -1.30. The summed E-state index contributed by atoms with van der Waals surface area (Å²) in [5.74, 6) is 0. The van der Waals surface area contributed by atoms with Crippen molar-refractivity contribution in [2.45, 2.75) is 0 Å². The van der Waals surface area contributed by atoms with E-state index in [0.29, 0.717) is 0 Å². The Balaban J connectivity index is 2.32. The molecule has 0 aliphatic heterocycles. The summed E-state index contributed by atoms with van der Waals surface area (Å²) >= 11 is 0. The van der Waals surface area contributed by atoms with Gasteiger partial charge in [0.15, 0.2) is 0 Å². The van der Waals surface area contributed by atoms with Crippen molar-refractivity contribution >= 4 is 8.77 Å². The number of rotatable bonds is 0. The molecule has 0 aromatic rings. The van der Waals surface area contributed by atoms with Crippen LogP contribution >= 0.6 is 8.77 Å². The Labute approximate surface area is 23.3 Å². The van der Waals surface area contributed by atoms with Gasteiger partial charge in [0.25, 0.3) is 0 Å². The smallest absolute Gasteiger partial charge is 0.321 e. The Morgan fingerprint density at radius 3 is 1.50 bits per heavy atom. The Morgan fingerprint density at radius 2 is 1.50 bits per heavy atom. The van der Waals surface area contributed by atoms with Gasteiger partial charge in [-0.2, -0.15) is 8.39 Å². The highest BCUT2D eigenvalue weighted by Crippen LogP contribution is 2.31. The molecule has 1 N–H and O–H groups in total. The van der Waals surface area contributed by atoms with Crippen molar-refractivity contribution in [2.75, 3.05) is 0 Å². The molecular formula is HF2OP. The fourth-order valence-corrected chi connectivity index (χ4v) is 0. The molecular weight excluding hydrogens is 85.0 g/mol. The molecule has 0 heterocycles. The average Bonchev–Trinajstić information content (AvgIpc) is 0.811. The van der Waals surface area contributed by atoms with E-state index in [-0.39, 0.29) is 0 Å². The zero-order valence-electron chi connectivity index (χ0n) is 1.65. The maximum Gasteiger partial charge on any atom is 0.412 e. The molecule has 26 valence electrons. The first-order chi connectivity index (χ1) is 1.73. The highest BCUT2D eigenvalue weighted by molar-refractivity contribution is 7.39. The standard InChI is InChI=1S/F2HOP/c1-4(2)3/h3H. The molecule has 0 saturated carbocycles. The van der Waals surface area contributed by atoms with Crippen molar-refractivity contribution in [1.29, 1.82) is 0 Å². The van der Waals surface area contributed by atoms with Crippen LogP contribution in [0.4, 0.5) is 8.39 Å². The van der Waals surface area contributed by atoms with Crippen molar-refractivity contribution in [1.82, 2.24) is 0 Å². The monoisotopic (exact) mass is 86.0 g/mol. The molecule has 0 unspecified atom stereocenters. The molecule has 4 heavy (non-hydrogen) atoms. The first-order valence-electron chi connectivity index (χ1n) is 0.538. The Kier molecular flexibility index (Phi) is 1.66. The van der Waals surface area contributed by atoms with Crippen LogP contribution in [0.2, 0.25) is 0 Å². The maximum absolute atomic E-state index is 9.95. The van der Waals surface area contributed by atoms with Gasteiger partial charge in [0, 0.05) is 0 Å². The van der Waals surface area contributed by atoms with Gasteiger partial charge in [-0.1, -0.05) is 0 Å². The zero-order chi connectivity index (χ0) is 3.58. The van der Waals surface area contributed by atoms with Crippen LogP contribution in [0.3, 0.4) is 0 Å². The van der Waals surface area contributed by atoms with Gasteiger partial charge in [0.05, 0.1) is 0 Å². The van der Waals surface area contributed by atoms with Gasteiger partial charge in [-0.3, -0.25) is 0 Å². The van der Waals surface area contributed by atoms with E-state index < -0.39 is 8.77 Å². The predicted molar refractivity (Wildman–Crippen MR) is 11.4 cm³/mol. The fraction of sp³-hybridized carbons (Fsp3) is 0. The second-order valence-electron chi connectivity index (χ2n) is 0.215. The van der Waals surface area contributed by atoms with Crippen LogP contribution in [0.15, 0.2) is 0 Å². The van der Waals surface area contributed by atoms with Crippen molar-refractivity contribution in [2.24, 2.45) is 0 Å². The topological polar surface area (TPSA) is 20.2 Å². The van der Waals surface area contributed by atoms with E-state index in [1.165, 1.54) is 0 Å². The van der Waals surface area contributed by atoms with Gasteiger partial charge in [0.1, 0.15) is 0 Å². The Morgan fingerprint density at radius 1 is 1.50 bits per heavy atom. The van der Waals surface area contributed by atoms with Crippen molar-refractivity contribution < 1.29 is 13.3 Å². The fourth-order valence-electron chi connectivity index (χ4n) is 0. The molecule has 0 radical (unpaired) electrons. The molecule has 0 atom stereocenters. The van der Waals surface area contributed by atoms with Gasteiger partial charge in [-0.05, 0) is 0 Å². The average molecular weight is 86.0 g/mol. The molecule has 0 aliphatic rings. The maximum atomic E-state index is 9.95. The summed E-state index contributed by atoms with van der Waals surface area (Å²) in [5, 5.41) is 0. The van der Waals surface area contributed by atoms with Crippen LogP contribution in [0.1, 0.15) is 0 Å². The Hall–Kier alpha value is 0.250. The number of hydrogen-bond donors (Lipinski definition) is 1. The lowest BCUT2D eigenvalue weighted by molar-refractivity contribution is 0.504. The predicted octanol–water partition coefficient (Wildman–Crippen LogP) is 1.14. The molecule has 0 amide bonds. The van der Waals surface area contributed by atoms with Gasteiger partial charge < -0.3 is 4.89 Å². The van der Waals surface area contributed by atoms with Crippen molar-refractivity contribution in [3.05, 3.63) is 0 Å². The minimum atomic E-state index is -3.62. The lowest BCUT2D eigenvalue weighted by Gasteiger charge is -1.66. The summed E-state index contributed by atoms with van der Waals surface area (Å²) in [7, 11) is -3.62. The van der Waals surface area contributed by atoms with E-state index >= 15 is 0 Å². The molecule has 0 saturated heterocycles. The highest BCUT2D eigenvalue weighted by atomic mass is 31.2. The number of halogens is 2. The lowest BCUT2D eigenvalue weighted by atomic mass is 15.9. The molecule has 0 fully saturated rings. The molecule has 4 heteroatoms. The Bertz CT molecular complexity index is 10.8. The summed E-state index contributed by atoms with van der Waals surface area (Å²) < 4.78 is 19.9. The van der Waals surface area contributed by atoms with Gasteiger partial charge in [-0.15, -0.1) is 0 Å². The molecule has 0 aromatic carbocycles. The molecule has 0 spiro atoms. The summed E-state index contributed by atoms with van der Waals surface area (Å²) in [6, 6.07) is 0. The van der Waals surface area contributed by atoms with Gasteiger partial charge in [0.2, 0.25) is 0 Å². The van der Waals surface area contributed by atoms with Crippen molar-refractivity contribution in [3.63, 3.8) is 0 Å². The van der Waals surface area contributed by atoms with E-state index in [0.717, 1.165) is 0 Å². The molecule has 1 nitrogen and oxygen atoms in total. The van der Waals surface area contributed by atoms with Crippen LogP contribution in [-0.2, 0) is 0 Å². The van der Waals surface area contributed by atoms with Crippen LogP contribution < -0.4 is 0 Å². The van der Waals surface area contributed by atoms with E-state index in [9.17, 15) is 8.39 Å². The van der Waals surface area contributed by atoms with Crippen LogP contribution in [0, 0.1) is 0 Å². The normalized spacial score (nSPS) is 9.00.